The number of aliphatic imine (C=N–C) groups is 2. The molecule has 0 amide bonds. The molecule has 1 N–H and O–H groups in total. The van der Waals surface area contributed by atoms with Gasteiger partial charge in [-0.1, -0.05) is 127 Å². The van der Waals surface area contributed by atoms with Crippen LogP contribution in [0.3, 0.4) is 0 Å². The van der Waals surface area contributed by atoms with E-state index in [1.807, 2.05) is 6.07 Å². The summed E-state index contributed by atoms with van der Waals surface area (Å²) in [7, 11) is 0. The van der Waals surface area contributed by atoms with Crippen molar-refractivity contribution in [3.05, 3.63) is 166 Å². The highest BCUT2D eigenvalue weighted by Crippen LogP contribution is 2.50. The third-order valence-corrected chi connectivity index (χ3v) is 9.04. The van der Waals surface area contributed by atoms with E-state index in [-0.39, 0.29) is 6.17 Å². The SMILES string of the molecule is C1=CC(C2N=C(c3cccc(C4=CC5C6=C(C=CCC6)c6ccccc6C5C=C4)c3)N=C(c3ccccc3)N2)=CCC1. The number of nitrogens with zero attached hydrogens (tertiary/aromatic N) is 2. The van der Waals surface area contributed by atoms with Gasteiger partial charge in [0.15, 0.2) is 5.84 Å². The Morgan fingerprint density at radius 2 is 1.55 bits per heavy atom. The summed E-state index contributed by atoms with van der Waals surface area (Å²) >= 11 is 0. The van der Waals surface area contributed by atoms with E-state index in [4.69, 9.17) is 9.98 Å². The van der Waals surface area contributed by atoms with Crippen LogP contribution in [-0.4, -0.2) is 17.8 Å². The standard InChI is InChI=1S/C39H33N3/c1-3-12-26(13-4-1)37-40-38(27-14-5-2-6-15-27)42-39(41-37)30-17-11-16-28(24-30)29-22-23-35-33-20-8-7-18-31(33)32-19-9-10-21-34(32)36(35)25-29/h1,3-5,7-9,11-20,22-25,35-36,38H,2,6,10,21H2,(H,40,41,42). The first-order valence-corrected chi connectivity index (χ1v) is 15.2. The molecular weight excluding hydrogens is 510 g/mol. The van der Waals surface area contributed by atoms with Crippen LogP contribution in [0, 0.1) is 5.92 Å². The van der Waals surface area contributed by atoms with Crippen molar-refractivity contribution in [1.82, 2.24) is 5.32 Å². The molecule has 0 radical (unpaired) electrons. The summed E-state index contributed by atoms with van der Waals surface area (Å²) in [6, 6.07) is 28.1. The molecular formula is C39H33N3. The first kappa shape index (κ1) is 25.0. The van der Waals surface area contributed by atoms with Crippen molar-refractivity contribution in [2.45, 2.75) is 37.8 Å². The maximum absolute atomic E-state index is 5.13. The van der Waals surface area contributed by atoms with Gasteiger partial charge in [0.05, 0.1) is 0 Å². The van der Waals surface area contributed by atoms with E-state index in [0.717, 1.165) is 48.5 Å². The number of benzene rings is 3. The number of hydrogen-bond acceptors (Lipinski definition) is 3. The molecule has 3 nitrogen and oxygen atoms in total. The molecule has 3 unspecified atom stereocenters. The smallest absolute Gasteiger partial charge is 0.159 e. The summed E-state index contributed by atoms with van der Waals surface area (Å²) in [5.74, 6) is 2.41. The molecule has 8 rings (SSSR count). The highest BCUT2D eigenvalue weighted by molar-refractivity contribution is 6.13. The number of amidine groups is 2. The van der Waals surface area contributed by atoms with Gasteiger partial charge >= 0.3 is 0 Å². The van der Waals surface area contributed by atoms with Gasteiger partial charge in [-0.2, -0.15) is 0 Å². The van der Waals surface area contributed by atoms with Gasteiger partial charge in [-0.25, -0.2) is 9.98 Å². The zero-order valence-corrected chi connectivity index (χ0v) is 23.6. The molecule has 0 saturated carbocycles. The van der Waals surface area contributed by atoms with E-state index in [9.17, 15) is 0 Å². The highest BCUT2D eigenvalue weighted by atomic mass is 15.2. The van der Waals surface area contributed by atoms with E-state index in [2.05, 4.69) is 127 Å². The molecule has 3 aromatic carbocycles. The van der Waals surface area contributed by atoms with Crippen molar-refractivity contribution in [3.8, 4) is 0 Å². The van der Waals surface area contributed by atoms with Gasteiger partial charge in [0.2, 0.25) is 0 Å². The maximum Gasteiger partial charge on any atom is 0.159 e. The summed E-state index contributed by atoms with van der Waals surface area (Å²) in [4.78, 5) is 10.2. The first-order chi connectivity index (χ1) is 20.8. The highest BCUT2D eigenvalue weighted by Gasteiger charge is 2.34. The van der Waals surface area contributed by atoms with Crippen molar-refractivity contribution in [2.75, 3.05) is 0 Å². The Morgan fingerprint density at radius 1 is 0.714 bits per heavy atom. The second-order valence-electron chi connectivity index (χ2n) is 11.6. The minimum absolute atomic E-state index is 0.158. The lowest BCUT2D eigenvalue weighted by atomic mass is 9.66. The van der Waals surface area contributed by atoms with Gasteiger partial charge in [-0.05, 0) is 65.2 Å². The predicted octanol–water partition coefficient (Wildman–Crippen LogP) is 8.56. The number of allylic oxidation sites excluding steroid dienone is 10. The van der Waals surface area contributed by atoms with Crippen molar-refractivity contribution >= 4 is 22.8 Å². The minimum atomic E-state index is -0.158. The fourth-order valence-electron chi connectivity index (χ4n) is 6.98. The monoisotopic (exact) mass is 543 g/mol. The van der Waals surface area contributed by atoms with E-state index in [1.165, 1.54) is 33.4 Å². The predicted molar refractivity (Wildman–Crippen MR) is 174 cm³/mol. The average Bonchev–Trinajstić information content (AvgIpc) is 3.09. The van der Waals surface area contributed by atoms with E-state index in [0.29, 0.717) is 11.8 Å². The van der Waals surface area contributed by atoms with Crippen LogP contribution in [0.2, 0.25) is 0 Å². The van der Waals surface area contributed by atoms with Crippen LogP contribution >= 0.6 is 0 Å². The van der Waals surface area contributed by atoms with Crippen molar-refractivity contribution < 1.29 is 0 Å². The largest absolute Gasteiger partial charge is 0.344 e. The van der Waals surface area contributed by atoms with E-state index >= 15 is 0 Å². The summed E-state index contributed by atoms with van der Waals surface area (Å²) in [6.07, 6.45) is 22.9. The maximum atomic E-state index is 5.13. The number of hydrogen-bond donors (Lipinski definition) is 1. The lowest BCUT2D eigenvalue weighted by molar-refractivity contribution is 0.623. The summed E-state index contributed by atoms with van der Waals surface area (Å²) in [6.45, 7) is 0. The van der Waals surface area contributed by atoms with Crippen LogP contribution < -0.4 is 5.32 Å². The normalized spacial score (nSPS) is 24.0. The third-order valence-electron chi connectivity index (χ3n) is 9.04. The Morgan fingerprint density at radius 3 is 2.45 bits per heavy atom. The Bertz CT molecular complexity index is 1810. The molecule has 3 aromatic rings. The van der Waals surface area contributed by atoms with Crippen LogP contribution in [0.4, 0.5) is 0 Å². The lowest BCUT2D eigenvalue weighted by Gasteiger charge is -2.37. The van der Waals surface area contributed by atoms with Crippen LogP contribution in [0.25, 0.3) is 11.1 Å². The van der Waals surface area contributed by atoms with Crippen LogP contribution in [-0.2, 0) is 0 Å². The van der Waals surface area contributed by atoms with Gasteiger partial charge in [0.25, 0.3) is 0 Å². The van der Waals surface area contributed by atoms with E-state index in [1.54, 1.807) is 5.57 Å². The number of nitrogens with one attached hydrogen (secondary N) is 1. The van der Waals surface area contributed by atoms with Gasteiger partial charge in [0, 0.05) is 23.0 Å². The topological polar surface area (TPSA) is 36.8 Å². The minimum Gasteiger partial charge on any atom is -0.344 e. The van der Waals surface area contributed by atoms with E-state index < -0.39 is 0 Å². The average molecular weight is 544 g/mol. The molecule has 1 heterocycles. The lowest BCUT2D eigenvalue weighted by Crippen LogP contribution is -2.40. The Kier molecular flexibility index (Phi) is 6.29. The fraction of sp³-hybridized carbons (Fsp3) is 0.179. The molecule has 0 fully saturated rings. The van der Waals surface area contributed by atoms with Crippen molar-refractivity contribution in [2.24, 2.45) is 15.9 Å². The Balaban J connectivity index is 1.18. The van der Waals surface area contributed by atoms with Gasteiger partial charge < -0.3 is 5.32 Å². The molecule has 3 atom stereocenters. The molecule has 204 valence electrons. The molecule has 0 spiro atoms. The second kappa shape index (κ2) is 10.6. The molecule has 0 aromatic heterocycles. The Labute approximate surface area is 247 Å². The van der Waals surface area contributed by atoms with Gasteiger partial charge in [-0.3, -0.25) is 0 Å². The number of fused-ring (bicyclic) bond motifs is 5. The summed E-state index contributed by atoms with van der Waals surface area (Å²) < 4.78 is 0. The van der Waals surface area contributed by atoms with Crippen molar-refractivity contribution in [1.29, 1.82) is 0 Å². The molecule has 3 heteroatoms. The fourth-order valence-corrected chi connectivity index (χ4v) is 6.98. The molecule has 0 bridgehead atoms. The molecule has 1 aliphatic heterocycles. The van der Waals surface area contributed by atoms with Gasteiger partial charge in [-0.15, -0.1) is 0 Å². The first-order valence-electron chi connectivity index (χ1n) is 15.2. The summed E-state index contributed by atoms with van der Waals surface area (Å²) in [5.41, 5.74) is 11.6. The van der Waals surface area contributed by atoms with Crippen molar-refractivity contribution in [3.63, 3.8) is 0 Å². The van der Waals surface area contributed by atoms with Crippen LogP contribution in [0.15, 0.2) is 149 Å². The molecule has 4 aliphatic carbocycles. The van der Waals surface area contributed by atoms with Gasteiger partial charge in [0.1, 0.15) is 12.0 Å². The zero-order chi connectivity index (χ0) is 27.9. The Hall–Kier alpha value is -4.76. The third kappa shape index (κ3) is 4.46. The van der Waals surface area contributed by atoms with Crippen LogP contribution in [0.1, 0.15) is 59.4 Å². The zero-order valence-electron chi connectivity index (χ0n) is 23.6. The summed E-state index contributed by atoms with van der Waals surface area (Å²) in [5, 5.41) is 3.59. The molecule has 5 aliphatic rings. The second-order valence-corrected chi connectivity index (χ2v) is 11.6. The molecule has 42 heavy (non-hydrogen) atoms. The van der Waals surface area contributed by atoms with Crippen LogP contribution in [0.5, 0.6) is 0 Å². The molecule has 0 saturated heterocycles. The quantitative estimate of drug-likeness (QED) is 0.352. The number of rotatable bonds is 4.